The molecule has 7 heteroatoms. The van der Waals surface area contributed by atoms with E-state index in [1.54, 1.807) is 0 Å². The second-order valence-corrected chi connectivity index (χ2v) is 6.47. The molecule has 1 heterocycles. The normalized spacial score (nSPS) is 26.6. The van der Waals surface area contributed by atoms with E-state index in [9.17, 15) is 9.90 Å². The van der Waals surface area contributed by atoms with Crippen molar-refractivity contribution in [3.8, 4) is 0 Å². The lowest BCUT2D eigenvalue weighted by Gasteiger charge is -2.33. The lowest BCUT2D eigenvalue weighted by Crippen LogP contribution is -2.25. The number of carboxylic acids is 1. The summed E-state index contributed by atoms with van der Waals surface area (Å²) in [5.41, 5.74) is 0. The molecule has 0 saturated heterocycles. The van der Waals surface area contributed by atoms with Crippen LogP contribution >= 0.6 is 11.8 Å². The maximum atomic E-state index is 10.7. The van der Waals surface area contributed by atoms with Gasteiger partial charge in [0.15, 0.2) is 11.0 Å². The Morgan fingerprint density at radius 3 is 2.70 bits per heavy atom. The van der Waals surface area contributed by atoms with Crippen molar-refractivity contribution in [3.05, 3.63) is 5.82 Å². The van der Waals surface area contributed by atoms with Gasteiger partial charge < -0.3 is 14.8 Å². The quantitative estimate of drug-likeness (QED) is 0.808. The fraction of sp³-hybridized carbons (Fsp3) is 0.769. The van der Waals surface area contributed by atoms with Crippen LogP contribution in [-0.2, 0) is 11.4 Å². The molecule has 0 amide bonds. The SMILES string of the molecule is CC1CCC(n2c(CO)nnc2SCC(=O)O)CC1C. The van der Waals surface area contributed by atoms with Gasteiger partial charge >= 0.3 is 5.97 Å². The number of carboxylic acid groups (broad SMARTS) is 1. The van der Waals surface area contributed by atoms with Gasteiger partial charge in [0.2, 0.25) is 0 Å². The molecule has 0 aromatic carbocycles. The van der Waals surface area contributed by atoms with Crippen LogP contribution in [0.3, 0.4) is 0 Å². The number of aliphatic hydroxyl groups is 1. The second-order valence-electron chi connectivity index (χ2n) is 5.53. The van der Waals surface area contributed by atoms with Crippen LogP contribution in [0.4, 0.5) is 0 Å². The Bertz CT molecular complexity index is 477. The molecule has 1 saturated carbocycles. The fourth-order valence-corrected chi connectivity index (χ4v) is 3.50. The number of thioether (sulfide) groups is 1. The molecule has 0 radical (unpaired) electrons. The maximum absolute atomic E-state index is 10.7. The molecule has 0 aliphatic heterocycles. The second kappa shape index (κ2) is 6.58. The molecule has 112 valence electrons. The number of aromatic nitrogens is 3. The summed E-state index contributed by atoms with van der Waals surface area (Å²) in [5, 5.41) is 26.8. The van der Waals surface area contributed by atoms with Crippen molar-refractivity contribution in [2.75, 3.05) is 5.75 Å². The van der Waals surface area contributed by atoms with Crippen molar-refractivity contribution in [2.45, 2.75) is 50.9 Å². The molecule has 2 rings (SSSR count). The van der Waals surface area contributed by atoms with Gasteiger partial charge in [0.25, 0.3) is 0 Å². The molecular weight excluding hydrogens is 278 g/mol. The van der Waals surface area contributed by atoms with Gasteiger partial charge in [0.05, 0.1) is 5.75 Å². The summed E-state index contributed by atoms with van der Waals surface area (Å²) < 4.78 is 1.94. The molecule has 1 aliphatic rings. The van der Waals surface area contributed by atoms with E-state index in [0.717, 1.165) is 19.3 Å². The van der Waals surface area contributed by atoms with Crippen LogP contribution in [0.25, 0.3) is 0 Å². The van der Waals surface area contributed by atoms with Crippen LogP contribution in [0.1, 0.15) is 45.0 Å². The van der Waals surface area contributed by atoms with Crippen molar-refractivity contribution >= 4 is 17.7 Å². The van der Waals surface area contributed by atoms with Gasteiger partial charge in [-0.1, -0.05) is 25.6 Å². The molecule has 1 aliphatic carbocycles. The van der Waals surface area contributed by atoms with E-state index < -0.39 is 5.97 Å². The van der Waals surface area contributed by atoms with E-state index in [-0.39, 0.29) is 18.4 Å². The molecule has 20 heavy (non-hydrogen) atoms. The summed E-state index contributed by atoms with van der Waals surface area (Å²) in [7, 11) is 0. The lowest BCUT2D eigenvalue weighted by atomic mass is 9.79. The van der Waals surface area contributed by atoms with E-state index in [4.69, 9.17) is 5.11 Å². The highest BCUT2D eigenvalue weighted by atomic mass is 32.2. The number of rotatable bonds is 5. The predicted octanol–water partition coefficient (Wildman–Crippen LogP) is 1.94. The number of hydrogen-bond donors (Lipinski definition) is 2. The van der Waals surface area contributed by atoms with Gasteiger partial charge in [-0.25, -0.2) is 0 Å². The Morgan fingerprint density at radius 2 is 2.10 bits per heavy atom. The Kier molecular flexibility index (Phi) is 5.04. The fourth-order valence-electron chi connectivity index (χ4n) is 2.76. The molecular formula is C13H21N3O3S. The highest BCUT2D eigenvalue weighted by molar-refractivity contribution is 7.99. The average Bonchev–Trinajstić information content (AvgIpc) is 2.82. The summed E-state index contributed by atoms with van der Waals surface area (Å²) in [4.78, 5) is 10.7. The van der Waals surface area contributed by atoms with E-state index in [1.165, 1.54) is 11.8 Å². The molecule has 1 fully saturated rings. The summed E-state index contributed by atoms with van der Waals surface area (Å²) in [6.45, 7) is 4.34. The molecule has 1 aromatic heterocycles. The Hall–Kier alpha value is -1.08. The van der Waals surface area contributed by atoms with Gasteiger partial charge in [-0.2, -0.15) is 0 Å². The minimum atomic E-state index is -0.874. The van der Waals surface area contributed by atoms with Crippen LogP contribution < -0.4 is 0 Å². The highest BCUT2D eigenvalue weighted by Crippen LogP contribution is 2.38. The summed E-state index contributed by atoms with van der Waals surface area (Å²) in [5.74, 6) is 0.934. The molecule has 0 bridgehead atoms. The monoisotopic (exact) mass is 299 g/mol. The molecule has 3 atom stereocenters. The van der Waals surface area contributed by atoms with Crippen LogP contribution in [0.15, 0.2) is 5.16 Å². The topological polar surface area (TPSA) is 88.2 Å². The first kappa shape index (κ1) is 15.3. The zero-order valence-corrected chi connectivity index (χ0v) is 12.6. The third-order valence-electron chi connectivity index (χ3n) is 4.14. The number of nitrogens with zero attached hydrogens (tertiary/aromatic N) is 3. The van der Waals surface area contributed by atoms with Crippen LogP contribution in [0.2, 0.25) is 0 Å². The third-order valence-corrected chi connectivity index (χ3v) is 5.06. The van der Waals surface area contributed by atoms with Crippen LogP contribution in [0, 0.1) is 11.8 Å². The minimum Gasteiger partial charge on any atom is -0.481 e. The van der Waals surface area contributed by atoms with Gasteiger partial charge in [0, 0.05) is 6.04 Å². The first-order chi connectivity index (χ1) is 9.52. The lowest BCUT2D eigenvalue weighted by molar-refractivity contribution is -0.133. The highest BCUT2D eigenvalue weighted by Gasteiger charge is 2.29. The minimum absolute atomic E-state index is 0.0394. The number of aliphatic carboxylic acids is 1. The smallest absolute Gasteiger partial charge is 0.313 e. The van der Waals surface area contributed by atoms with Crippen LogP contribution in [0.5, 0.6) is 0 Å². The predicted molar refractivity (Wildman–Crippen MR) is 75.5 cm³/mol. The summed E-state index contributed by atoms with van der Waals surface area (Å²) >= 11 is 1.17. The third kappa shape index (κ3) is 3.32. The van der Waals surface area contributed by atoms with Gasteiger partial charge in [0.1, 0.15) is 6.61 Å². The molecule has 1 aromatic rings. The Morgan fingerprint density at radius 1 is 1.35 bits per heavy atom. The molecule has 3 unspecified atom stereocenters. The number of hydrogen-bond acceptors (Lipinski definition) is 5. The number of aliphatic hydroxyl groups excluding tert-OH is 1. The maximum Gasteiger partial charge on any atom is 0.313 e. The van der Waals surface area contributed by atoms with Gasteiger partial charge in [-0.3, -0.25) is 4.79 Å². The van der Waals surface area contributed by atoms with Crippen molar-refractivity contribution in [3.63, 3.8) is 0 Å². The van der Waals surface area contributed by atoms with Crippen molar-refractivity contribution in [2.24, 2.45) is 11.8 Å². The van der Waals surface area contributed by atoms with E-state index in [2.05, 4.69) is 24.0 Å². The summed E-state index contributed by atoms with van der Waals surface area (Å²) in [6, 6.07) is 0.259. The largest absolute Gasteiger partial charge is 0.481 e. The van der Waals surface area contributed by atoms with Gasteiger partial charge in [-0.15, -0.1) is 10.2 Å². The first-order valence-electron chi connectivity index (χ1n) is 6.92. The standard InChI is InChI=1S/C13H21N3O3S/c1-8-3-4-10(5-9(8)2)16-11(6-17)14-15-13(16)20-7-12(18)19/h8-10,17H,3-7H2,1-2H3,(H,18,19). The van der Waals surface area contributed by atoms with Crippen molar-refractivity contribution < 1.29 is 15.0 Å². The average molecular weight is 299 g/mol. The van der Waals surface area contributed by atoms with Crippen molar-refractivity contribution in [1.82, 2.24) is 14.8 Å². The zero-order valence-electron chi connectivity index (χ0n) is 11.8. The first-order valence-corrected chi connectivity index (χ1v) is 7.90. The molecule has 0 spiro atoms. The van der Waals surface area contributed by atoms with Gasteiger partial charge in [-0.05, 0) is 31.1 Å². The van der Waals surface area contributed by atoms with Crippen LogP contribution in [-0.4, -0.2) is 36.7 Å². The van der Waals surface area contributed by atoms with Crippen molar-refractivity contribution in [1.29, 1.82) is 0 Å². The summed E-state index contributed by atoms with van der Waals surface area (Å²) in [6.07, 6.45) is 3.18. The zero-order chi connectivity index (χ0) is 14.7. The Balaban J connectivity index is 2.19. The van der Waals surface area contributed by atoms with E-state index >= 15 is 0 Å². The Labute approximate surface area is 122 Å². The number of carbonyl (C=O) groups is 1. The van der Waals surface area contributed by atoms with E-state index in [0.29, 0.717) is 22.8 Å². The van der Waals surface area contributed by atoms with E-state index in [1.807, 2.05) is 4.57 Å². The molecule has 6 nitrogen and oxygen atoms in total. The molecule has 2 N–H and O–H groups in total.